The second-order valence-electron chi connectivity index (χ2n) is 14.8. The van der Waals surface area contributed by atoms with Gasteiger partial charge in [-0.3, -0.25) is 14.3 Å². The minimum absolute atomic E-state index is 0.0638. The number of hydrogen-bond acceptors (Lipinski definition) is 8. The number of aromatic hydroxyl groups is 1. The molecule has 2 bridgehead atoms. The Balaban J connectivity index is 0.906. The summed E-state index contributed by atoms with van der Waals surface area (Å²) in [5, 5.41) is 35.4. The van der Waals surface area contributed by atoms with Crippen LogP contribution in [0.4, 0.5) is 10.5 Å². The van der Waals surface area contributed by atoms with Crippen molar-refractivity contribution in [2.24, 2.45) is 5.92 Å². The molecular formula is C43H45N5O7. The van der Waals surface area contributed by atoms with Crippen molar-refractivity contribution in [1.82, 2.24) is 19.8 Å². The van der Waals surface area contributed by atoms with Gasteiger partial charge in [0.25, 0.3) is 0 Å². The van der Waals surface area contributed by atoms with E-state index in [4.69, 9.17) is 4.42 Å². The third-order valence-corrected chi connectivity index (χ3v) is 11.3. The Labute approximate surface area is 317 Å². The van der Waals surface area contributed by atoms with Crippen LogP contribution in [0, 0.1) is 5.92 Å². The molecule has 3 fully saturated rings. The largest absolute Gasteiger partial charge is 0.506 e. The van der Waals surface area contributed by atoms with Gasteiger partial charge in [0.15, 0.2) is 5.58 Å². The summed E-state index contributed by atoms with van der Waals surface area (Å²) in [6.07, 6.45) is 2.59. The van der Waals surface area contributed by atoms with Gasteiger partial charge in [0.1, 0.15) is 5.75 Å². The van der Waals surface area contributed by atoms with E-state index in [2.05, 4.69) is 21.3 Å². The van der Waals surface area contributed by atoms with Gasteiger partial charge in [-0.1, -0.05) is 48.5 Å². The van der Waals surface area contributed by atoms with E-state index in [1.807, 2.05) is 60.7 Å². The highest BCUT2D eigenvalue weighted by atomic mass is 16.4. The molecule has 4 aromatic carbocycles. The first kappa shape index (κ1) is 36.3. The molecule has 6 aromatic rings. The number of anilines is 1. The smallest absolute Gasteiger partial charge is 0.419 e. The topological polar surface area (TPSA) is 164 Å². The van der Waals surface area contributed by atoms with Crippen molar-refractivity contribution in [3.63, 3.8) is 0 Å². The molecule has 0 radical (unpaired) electrons. The number of hydrogen-bond donors (Lipinski definition) is 5. The molecule has 5 N–H and O–H groups in total. The van der Waals surface area contributed by atoms with E-state index >= 15 is 0 Å². The molecule has 3 aliphatic heterocycles. The van der Waals surface area contributed by atoms with Crippen LogP contribution in [0.2, 0.25) is 0 Å². The number of amides is 1. The van der Waals surface area contributed by atoms with Crippen molar-refractivity contribution in [3.05, 3.63) is 129 Å². The van der Waals surface area contributed by atoms with Gasteiger partial charge >= 0.3 is 11.8 Å². The van der Waals surface area contributed by atoms with Crippen molar-refractivity contribution < 1.29 is 24.5 Å². The van der Waals surface area contributed by atoms with Crippen LogP contribution in [-0.2, 0) is 19.5 Å². The SMILES string of the molecule is O=C(O)N(c1ccc(CCCCn2c(=O)oc3cc(CNC[C@H](O)c4ccc(O)c5[nH]c(=O)ccc45)ccc32)cc1-c1ccccc1)[C@H]1CN2CCC1CC2. The Morgan fingerprint density at radius 2 is 1.75 bits per heavy atom. The first-order chi connectivity index (χ1) is 26.7. The van der Waals surface area contributed by atoms with Gasteiger partial charge in [-0.2, -0.15) is 0 Å². The molecule has 1 amide bonds. The first-order valence-corrected chi connectivity index (χ1v) is 19.0. The number of nitrogens with one attached hydrogen (secondary N) is 2. The van der Waals surface area contributed by atoms with Gasteiger partial charge in [0.2, 0.25) is 5.56 Å². The predicted molar refractivity (Wildman–Crippen MR) is 212 cm³/mol. The number of rotatable bonds is 13. The molecule has 284 valence electrons. The van der Waals surface area contributed by atoms with E-state index in [0.29, 0.717) is 35.5 Å². The quantitative estimate of drug-likeness (QED) is 0.0863. The van der Waals surface area contributed by atoms with Crippen molar-refractivity contribution >= 4 is 33.8 Å². The standard InChI is InChI=1S/C43H45N5O7/c49-37-15-11-31(32-12-16-40(51)45-41(32)37)38(50)25-44-24-28-10-14-35-39(23-28)55-43(54)47(35)19-5-4-6-27-9-13-34(33(22-27)29-7-2-1-3-8-29)48(42(52)53)36-26-46-20-17-30(36)18-21-46/h1-3,7-16,22-23,30,36,38,44,49-50H,4-6,17-21,24-26H2,(H,45,51)(H,52,53)/t36-,38-/m0/s1. The number of unbranched alkanes of at least 4 members (excludes halogenated alkanes) is 1. The maximum Gasteiger partial charge on any atom is 0.419 e. The number of carboxylic acid groups (broad SMARTS) is 1. The van der Waals surface area contributed by atoms with Crippen molar-refractivity contribution in [3.8, 4) is 16.9 Å². The number of aromatic nitrogens is 2. The first-order valence-electron chi connectivity index (χ1n) is 19.0. The fraction of sp³-hybridized carbons (Fsp3) is 0.326. The molecule has 0 spiro atoms. The molecule has 5 heterocycles. The number of fused-ring (bicyclic) bond motifs is 5. The lowest BCUT2D eigenvalue weighted by Gasteiger charge is -2.48. The molecule has 0 unspecified atom stereocenters. The number of phenolic OH excluding ortho intramolecular Hbond substituents is 1. The maximum absolute atomic E-state index is 12.9. The normalized spacial score (nSPS) is 18.5. The number of phenols is 1. The fourth-order valence-electron chi connectivity index (χ4n) is 8.49. The summed E-state index contributed by atoms with van der Waals surface area (Å²) in [6, 6.07) is 27.7. The Morgan fingerprint density at radius 1 is 0.945 bits per heavy atom. The minimum Gasteiger partial charge on any atom is -0.506 e. The van der Waals surface area contributed by atoms with Crippen LogP contribution >= 0.6 is 0 Å². The summed E-state index contributed by atoms with van der Waals surface area (Å²) in [4.78, 5) is 44.1. The number of benzene rings is 4. The van der Waals surface area contributed by atoms with Crippen LogP contribution in [0.3, 0.4) is 0 Å². The van der Waals surface area contributed by atoms with E-state index in [0.717, 1.165) is 85.2 Å². The van der Waals surface area contributed by atoms with Crippen LogP contribution < -0.4 is 21.5 Å². The summed E-state index contributed by atoms with van der Waals surface area (Å²) in [6.45, 7) is 3.98. The Kier molecular flexibility index (Phi) is 10.3. The van der Waals surface area contributed by atoms with Crippen molar-refractivity contribution in [2.75, 3.05) is 31.1 Å². The second-order valence-corrected chi connectivity index (χ2v) is 14.8. The molecule has 55 heavy (non-hydrogen) atoms. The monoisotopic (exact) mass is 743 g/mol. The van der Waals surface area contributed by atoms with Gasteiger partial charge in [-0.05, 0) is 110 Å². The molecule has 0 aliphatic carbocycles. The fourth-order valence-corrected chi connectivity index (χ4v) is 8.49. The Hall–Kier alpha value is -5.69. The van der Waals surface area contributed by atoms with E-state index in [1.165, 1.54) is 12.1 Å². The molecule has 9 rings (SSSR count). The molecule has 2 aromatic heterocycles. The second kappa shape index (κ2) is 15.6. The van der Waals surface area contributed by atoms with E-state index in [1.54, 1.807) is 21.6 Å². The highest BCUT2D eigenvalue weighted by Crippen LogP contribution is 2.39. The van der Waals surface area contributed by atoms with Crippen LogP contribution in [0.1, 0.15) is 48.5 Å². The third kappa shape index (κ3) is 7.53. The van der Waals surface area contributed by atoms with Gasteiger partial charge < -0.3 is 34.9 Å². The predicted octanol–water partition coefficient (Wildman–Crippen LogP) is 6.23. The average molecular weight is 744 g/mol. The number of piperidine rings is 3. The number of nitrogens with zero attached hydrogens (tertiary/aromatic N) is 3. The number of pyridine rings is 1. The summed E-state index contributed by atoms with van der Waals surface area (Å²) in [5.41, 5.74) is 6.36. The van der Waals surface area contributed by atoms with Crippen LogP contribution in [-0.4, -0.2) is 68.1 Å². The summed E-state index contributed by atoms with van der Waals surface area (Å²) >= 11 is 0. The lowest BCUT2D eigenvalue weighted by atomic mass is 9.82. The zero-order chi connectivity index (χ0) is 38.1. The van der Waals surface area contributed by atoms with E-state index in [9.17, 15) is 29.7 Å². The lowest BCUT2D eigenvalue weighted by molar-refractivity contribution is 0.0838. The molecule has 0 saturated carbocycles. The van der Waals surface area contributed by atoms with Crippen LogP contribution in [0.25, 0.3) is 33.1 Å². The molecule has 12 heteroatoms. The number of aliphatic hydroxyl groups is 1. The summed E-state index contributed by atoms with van der Waals surface area (Å²) in [7, 11) is 0. The average Bonchev–Trinajstić information content (AvgIpc) is 3.51. The molecule has 3 aliphatic rings. The highest BCUT2D eigenvalue weighted by molar-refractivity contribution is 5.94. The zero-order valence-corrected chi connectivity index (χ0v) is 30.5. The third-order valence-electron chi connectivity index (χ3n) is 11.3. The Morgan fingerprint density at radius 3 is 2.51 bits per heavy atom. The molecule has 2 atom stereocenters. The van der Waals surface area contributed by atoms with Gasteiger partial charge in [-0.25, -0.2) is 9.59 Å². The number of carbonyl (C=O) groups is 1. The van der Waals surface area contributed by atoms with Crippen molar-refractivity contribution in [2.45, 2.75) is 57.3 Å². The van der Waals surface area contributed by atoms with Crippen LogP contribution in [0.15, 0.2) is 105 Å². The number of oxazole rings is 1. The van der Waals surface area contributed by atoms with E-state index in [-0.39, 0.29) is 29.4 Å². The number of H-pyrrole nitrogens is 1. The van der Waals surface area contributed by atoms with E-state index < -0.39 is 18.0 Å². The highest BCUT2D eigenvalue weighted by Gasteiger charge is 2.40. The number of aliphatic hydroxyl groups excluding tert-OH is 1. The molecular weight excluding hydrogens is 699 g/mol. The minimum atomic E-state index is -0.913. The van der Waals surface area contributed by atoms with Gasteiger partial charge in [-0.15, -0.1) is 0 Å². The number of aryl methyl sites for hydroxylation is 2. The van der Waals surface area contributed by atoms with Gasteiger partial charge in [0, 0.05) is 43.2 Å². The van der Waals surface area contributed by atoms with Crippen molar-refractivity contribution in [1.29, 1.82) is 0 Å². The maximum atomic E-state index is 12.9. The zero-order valence-electron chi connectivity index (χ0n) is 30.5. The summed E-state index contributed by atoms with van der Waals surface area (Å²) < 4.78 is 7.29. The Bertz CT molecular complexity index is 2450. The molecule has 12 nitrogen and oxygen atoms in total. The number of aromatic amines is 1. The van der Waals surface area contributed by atoms with Crippen LogP contribution in [0.5, 0.6) is 5.75 Å². The summed E-state index contributed by atoms with van der Waals surface area (Å²) in [5.74, 6) is -0.111. The molecule has 3 saturated heterocycles. The lowest BCUT2D eigenvalue weighted by Crippen LogP contribution is -2.58. The van der Waals surface area contributed by atoms with Gasteiger partial charge in [0.05, 0.1) is 28.9 Å².